The van der Waals surface area contributed by atoms with Crippen molar-refractivity contribution in [3.05, 3.63) is 59.1 Å². The molecule has 1 heterocycles. The van der Waals surface area contributed by atoms with Gasteiger partial charge < -0.3 is 10.2 Å². The molecule has 1 saturated carbocycles. The largest absolute Gasteiger partial charge is 0.339 e. The predicted molar refractivity (Wildman–Crippen MR) is 123 cm³/mol. The fraction of sp³-hybridized carbons (Fsp3) is 0.417. The van der Waals surface area contributed by atoms with Crippen LogP contribution in [0, 0.1) is 5.92 Å². The highest BCUT2D eigenvalue weighted by molar-refractivity contribution is 8.00. The van der Waals surface area contributed by atoms with Gasteiger partial charge >= 0.3 is 0 Å². The number of rotatable bonds is 5. The molecule has 0 spiro atoms. The predicted octanol–water partition coefficient (Wildman–Crippen LogP) is 5.87. The molecule has 2 amide bonds. The van der Waals surface area contributed by atoms with Gasteiger partial charge in [-0.2, -0.15) is 0 Å². The van der Waals surface area contributed by atoms with E-state index in [0.29, 0.717) is 41.8 Å². The van der Waals surface area contributed by atoms with E-state index < -0.39 is 0 Å². The van der Waals surface area contributed by atoms with Gasteiger partial charge in [0.25, 0.3) is 5.91 Å². The lowest BCUT2D eigenvalue weighted by atomic mass is 9.95. The Labute approximate surface area is 187 Å². The van der Waals surface area contributed by atoms with Gasteiger partial charge in [-0.3, -0.25) is 9.59 Å². The van der Waals surface area contributed by atoms with Crippen LogP contribution in [0.4, 0.5) is 5.69 Å². The van der Waals surface area contributed by atoms with Crippen molar-refractivity contribution in [3.63, 3.8) is 0 Å². The number of amides is 2. The molecular weight excluding hydrogens is 416 g/mol. The lowest BCUT2D eigenvalue weighted by Crippen LogP contribution is -2.41. The summed E-state index contributed by atoms with van der Waals surface area (Å²) in [5, 5.41) is 4.43. The molecule has 1 aliphatic heterocycles. The molecule has 1 aliphatic carbocycles. The molecule has 2 aliphatic rings. The quantitative estimate of drug-likeness (QED) is 0.630. The molecule has 6 heteroatoms. The van der Waals surface area contributed by atoms with Crippen LogP contribution in [0.3, 0.4) is 0 Å². The Morgan fingerprint density at radius 3 is 2.30 bits per heavy atom. The maximum Gasteiger partial charge on any atom is 0.253 e. The third-order valence-electron chi connectivity index (χ3n) is 5.98. The Balaban J connectivity index is 1.32. The molecule has 0 bridgehead atoms. The normalized spacial score (nSPS) is 17.8. The minimum absolute atomic E-state index is 0.00355. The number of hydrogen-bond acceptors (Lipinski definition) is 3. The number of piperidine rings is 1. The van der Waals surface area contributed by atoms with E-state index >= 15 is 0 Å². The molecule has 4 rings (SSSR count). The molecule has 0 aromatic heterocycles. The number of likely N-dealkylation sites (tertiary alicyclic amines) is 1. The van der Waals surface area contributed by atoms with Crippen LogP contribution in [0.15, 0.2) is 53.4 Å². The number of anilines is 1. The molecule has 2 fully saturated rings. The first-order chi connectivity index (χ1) is 14.6. The number of para-hydroxylation sites is 1. The molecule has 0 atom stereocenters. The number of carbonyl (C=O) groups is 2. The van der Waals surface area contributed by atoms with Crippen LogP contribution in [0.5, 0.6) is 0 Å². The highest BCUT2D eigenvalue weighted by atomic mass is 35.5. The van der Waals surface area contributed by atoms with Crippen molar-refractivity contribution in [1.82, 2.24) is 4.90 Å². The van der Waals surface area contributed by atoms with E-state index in [0.717, 1.165) is 10.6 Å². The summed E-state index contributed by atoms with van der Waals surface area (Å²) < 4.78 is 0. The van der Waals surface area contributed by atoms with Gasteiger partial charge in [-0.15, -0.1) is 11.8 Å². The number of halogens is 1. The Morgan fingerprint density at radius 2 is 1.60 bits per heavy atom. The third kappa shape index (κ3) is 5.19. The average Bonchev–Trinajstić information content (AvgIpc) is 3.28. The summed E-state index contributed by atoms with van der Waals surface area (Å²) in [5.74, 6) is 0.000650. The third-order valence-corrected chi connectivity index (χ3v) is 7.65. The van der Waals surface area contributed by atoms with Crippen molar-refractivity contribution in [1.29, 1.82) is 0 Å². The first kappa shape index (κ1) is 21.3. The van der Waals surface area contributed by atoms with Crippen LogP contribution < -0.4 is 5.32 Å². The minimum atomic E-state index is -0.0659. The van der Waals surface area contributed by atoms with E-state index in [1.807, 2.05) is 34.9 Å². The summed E-state index contributed by atoms with van der Waals surface area (Å²) in [5.41, 5.74) is 1.55. The molecule has 0 radical (unpaired) electrons. The zero-order chi connectivity index (χ0) is 20.9. The number of benzene rings is 2. The second-order valence-electron chi connectivity index (χ2n) is 8.08. The highest BCUT2D eigenvalue weighted by Gasteiger charge is 2.28. The van der Waals surface area contributed by atoms with Crippen molar-refractivity contribution >= 4 is 40.9 Å². The first-order valence-electron chi connectivity index (χ1n) is 10.7. The van der Waals surface area contributed by atoms with Crippen LogP contribution in [-0.4, -0.2) is 35.1 Å². The van der Waals surface area contributed by atoms with E-state index in [1.165, 1.54) is 25.7 Å². The van der Waals surface area contributed by atoms with E-state index in [4.69, 9.17) is 11.6 Å². The van der Waals surface area contributed by atoms with E-state index in [2.05, 4.69) is 11.4 Å². The van der Waals surface area contributed by atoms with E-state index in [1.54, 1.807) is 24.3 Å². The molecule has 0 unspecified atom stereocenters. The average molecular weight is 443 g/mol. The van der Waals surface area contributed by atoms with Crippen LogP contribution in [0.1, 0.15) is 48.9 Å². The number of thioether (sulfide) groups is 1. The molecule has 1 saturated heterocycles. The van der Waals surface area contributed by atoms with Gasteiger partial charge in [0.15, 0.2) is 0 Å². The zero-order valence-electron chi connectivity index (χ0n) is 17.0. The van der Waals surface area contributed by atoms with Gasteiger partial charge in [0, 0.05) is 39.7 Å². The van der Waals surface area contributed by atoms with Crippen molar-refractivity contribution in [2.24, 2.45) is 5.92 Å². The molecule has 2 aromatic rings. The van der Waals surface area contributed by atoms with Crippen LogP contribution in [0.2, 0.25) is 5.02 Å². The van der Waals surface area contributed by atoms with Gasteiger partial charge in [0.1, 0.15) is 0 Å². The van der Waals surface area contributed by atoms with Crippen molar-refractivity contribution in [2.45, 2.75) is 48.7 Å². The van der Waals surface area contributed by atoms with Gasteiger partial charge in [0.05, 0.1) is 5.69 Å². The maximum atomic E-state index is 12.9. The van der Waals surface area contributed by atoms with E-state index in [9.17, 15) is 9.59 Å². The summed E-state index contributed by atoms with van der Waals surface area (Å²) in [4.78, 5) is 28.6. The van der Waals surface area contributed by atoms with Gasteiger partial charge in [-0.1, -0.05) is 36.6 Å². The van der Waals surface area contributed by atoms with Crippen molar-refractivity contribution < 1.29 is 9.59 Å². The second kappa shape index (κ2) is 9.88. The van der Waals surface area contributed by atoms with Crippen LogP contribution in [0.25, 0.3) is 0 Å². The SMILES string of the molecule is O=C(Nc1ccccc1SC1CCCC1)C1CCN(C(=O)c2ccc(Cl)cc2)CC1. The van der Waals surface area contributed by atoms with Crippen LogP contribution >= 0.6 is 23.4 Å². The first-order valence-corrected chi connectivity index (χ1v) is 12.0. The lowest BCUT2D eigenvalue weighted by molar-refractivity contribution is -0.121. The maximum absolute atomic E-state index is 12.9. The Kier molecular flexibility index (Phi) is 7.00. The Morgan fingerprint density at radius 1 is 0.933 bits per heavy atom. The summed E-state index contributed by atoms with van der Waals surface area (Å²) >= 11 is 7.80. The van der Waals surface area contributed by atoms with Gasteiger partial charge in [0.2, 0.25) is 5.91 Å². The summed E-state index contributed by atoms with van der Waals surface area (Å²) in [6.45, 7) is 1.19. The Hall–Kier alpha value is -1.98. The molecule has 2 aromatic carbocycles. The smallest absolute Gasteiger partial charge is 0.253 e. The van der Waals surface area contributed by atoms with Crippen LogP contribution in [-0.2, 0) is 4.79 Å². The number of carbonyl (C=O) groups excluding carboxylic acids is 2. The lowest BCUT2D eigenvalue weighted by Gasteiger charge is -2.31. The molecule has 158 valence electrons. The standard InChI is InChI=1S/C24H27ClN2O2S/c25-19-11-9-18(10-12-19)24(29)27-15-13-17(14-16-27)23(28)26-21-7-3-4-8-22(21)30-20-5-1-2-6-20/h3-4,7-12,17,20H,1-2,5-6,13-16H2,(H,26,28). The summed E-state index contributed by atoms with van der Waals surface area (Å²) in [7, 11) is 0. The fourth-order valence-corrected chi connectivity index (χ4v) is 5.67. The summed E-state index contributed by atoms with van der Waals surface area (Å²) in [6, 6.07) is 15.1. The monoisotopic (exact) mass is 442 g/mol. The number of nitrogens with one attached hydrogen (secondary N) is 1. The molecule has 1 N–H and O–H groups in total. The number of hydrogen-bond donors (Lipinski definition) is 1. The van der Waals surface area contributed by atoms with Crippen molar-refractivity contribution in [2.75, 3.05) is 18.4 Å². The summed E-state index contributed by atoms with van der Waals surface area (Å²) in [6.07, 6.45) is 6.49. The second-order valence-corrected chi connectivity index (χ2v) is 9.86. The Bertz CT molecular complexity index is 888. The van der Waals surface area contributed by atoms with Gasteiger partial charge in [-0.05, 0) is 62.1 Å². The number of nitrogens with zero attached hydrogens (tertiary/aromatic N) is 1. The van der Waals surface area contributed by atoms with Gasteiger partial charge in [-0.25, -0.2) is 0 Å². The minimum Gasteiger partial charge on any atom is -0.339 e. The van der Waals surface area contributed by atoms with Crippen molar-refractivity contribution in [3.8, 4) is 0 Å². The topological polar surface area (TPSA) is 49.4 Å². The molecular formula is C24H27ClN2O2S. The zero-order valence-corrected chi connectivity index (χ0v) is 18.6. The highest BCUT2D eigenvalue weighted by Crippen LogP contribution is 2.38. The fourth-order valence-electron chi connectivity index (χ4n) is 4.21. The molecule has 4 nitrogen and oxygen atoms in total. The molecule has 30 heavy (non-hydrogen) atoms. The van der Waals surface area contributed by atoms with E-state index in [-0.39, 0.29) is 17.7 Å².